The van der Waals surface area contributed by atoms with Gasteiger partial charge in [-0.1, -0.05) is 6.92 Å². The summed E-state index contributed by atoms with van der Waals surface area (Å²) in [5.74, 6) is 0.149. The number of carbonyl (C=O) groups is 1. The van der Waals surface area contributed by atoms with Crippen molar-refractivity contribution in [3.63, 3.8) is 0 Å². The second-order valence-electron chi connectivity index (χ2n) is 5.14. The molecule has 4 nitrogen and oxygen atoms in total. The molecule has 0 spiro atoms. The quantitative estimate of drug-likeness (QED) is 0.662. The molecule has 1 amide bonds. The van der Waals surface area contributed by atoms with E-state index in [4.69, 9.17) is 5.11 Å². The number of carbonyl (C=O) groups excluding carboxylic acids is 1. The third kappa shape index (κ3) is 3.19. The molecule has 1 aliphatic heterocycles. The largest absolute Gasteiger partial charge is 0.396 e. The van der Waals surface area contributed by atoms with Gasteiger partial charge in [0.2, 0.25) is 5.91 Å². The topological polar surface area (TPSA) is 61.4 Å². The summed E-state index contributed by atoms with van der Waals surface area (Å²) in [6.07, 6.45) is 3.13. The number of nitrogens with one attached hydrogen (secondary N) is 2. The Morgan fingerprint density at radius 3 is 2.69 bits per heavy atom. The first-order chi connectivity index (χ1) is 7.49. The standard InChI is InChI=1S/C12H24N2O2/c1-9(8-15)10(2)14-11(16)12(3)6-4-5-7-13-12/h9-10,13,15H,4-8H2,1-3H3,(H,14,16). The van der Waals surface area contributed by atoms with Gasteiger partial charge in [-0.2, -0.15) is 0 Å². The van der Waals surface area contributed by atoms with Gasteiger partial charge >= 0.3 is 0 Å². The van der Waals surface area contributed by atoms with E-state index < -0.39 is 5.54 Å². The first kappa shape index (κ1) is 13.5. The van der Waals surface area contributed by atoms with Crippen LogP contribution in [0.2, 0.25) is 0 Å². The number of hydrogen-bond donors (Lipinski definition) is 3. The highest BCUT2D eigenvalue weighted by Gasteiger charge is 2.35. The van der Waals surface area contributed by atoms with Gasteiger partial charge < -0.3 is 15.7 Å². The Kier molecular flexibility index (Phi) is 4.74. The van der Waals surface area contributed by atoms with E-state index in [0.29, 0.717) is 0 Å². The Balaban J connectivity index is 2.50. The van der Waals surface area contributed by atoms with E-state index in [0.717, 1.165) is 25.8 Å². The lowest BCUT2D eigenvalue weighted by molar-refractivity contribution is -0.129. The van der Waals surface area contributed by atoms with Crippen LogP contribution >= 0.6 is 0 Å². The lowest BCUT2D eigenvalue weighted by Crippen LogP contribution is -2.59. The predicted octanol–water partition coefficient (Wildman–Crippen LogP) is 0.652. The Hall–Kier alpha value is -0.610. The maximum absolute atomic E-state index is 12.1. The summed E-state index contributed by atoms with van der Waals surface area (Å²) in [5, 5.41) is 15.3. The van der Waals surface area contributed by atoms with Crippen molar-refractivity contribution in [1.29, 1.82) is 0 Å². The van der Waals surface area contributed by atoms with E-state index in [9.17, 15) is 4.79 Å². The smallest absolute Gasteiger partial charge is 0.240 e. The van der Waals surface area contributed by atoms with E-state index in [1.165, 1.54) is 0 Å². The monoisotopic (exact) mass is 228 g/mol. The molecule has 1 rings (SSSR count). The van der Waals surface area contributed by atoms with Crippen LogP contribution in [0.5, 0.6) is 0 Å². The zero-order valence-electron chi connectivity index (χ0n) is 10.5. The maximum Gasteiger partial charge on any atom is 0.240 e. The molecule has 1 fully saturated rings. The Labute approximate surface area is 97.8 Å². The van der Waals surface area contributed by atoms with Crippen LogP contribution in [0.25, 0.3) is 0 Å². The molecule has 0 bridgehead atoms. The fraction of sp³-hybridized carbons (Fsp3) is 0.917. The van der Waals surface area contributed by atoms with Crippen molar-refractivity contribution in [2.45, 2.75) is 51.6 Å². The van der Waals surface area contributed by atoms with E-state index >= 15 is 0 Å². The van der Waals surface area contributed by atoms with Crippen molar-refractivity contribution in [2.24, 2.45) is 5.92 Å². The number of hydrogen-bond acceptors (Lipinski definition) is 3. The van der Waals surface area contributed by atoms with Crippen LogP contribution < -0.4 is 10.6 Å². The van der Waals surface area contributed by atoms with Gasteiger partial charge in [-0.25, -0.2) is 0 Å². The molecule has 0 aliphatic carbocycles. The summed E-state index contributed by atoms with van der Waals surface area (Å²) in [5.41, 5.74) is -0.429. The molecular formula is C12H24N2O2. The van der Waals surface area contributed by atoms with Gasteiger partial charge in [-0.15, -0.1) is 0 Å². The highest BCUT2D eigenvalue weighted by atomic mass is 16.3. The summed E-state index contributed by atoms with van der Waals surface area (Å²) < 4.78 is 0. The molecule has 94 valence electrons. The van der Waals surface area contributed by atoms with Gasteiger partial charge in [0.05, 0.1) is 5.54 Å². The van der Waals surface area contributed by atoms with Crippen LogP contribution in [0.1, 0.15) is 40.0 Å². The number of rotatable bonds is 4. The lowest BCUT2D eigenvalue weighted by atomic mass is 9.89. The van der Waals surface area contributed by atoms with E-state index in [1.807, 2.05) is 20.8 Å². The molecule has 0 radical (unpaired) electrons. The number of aliphatic hydroxyl groups is 1. The fourth-order valence-electron chi connectivity index (χ4n) is 1.92. The molecule has 4 heteroatoms. The molecule has 1 heterocycles. The third-order valence-electron chi connectivity index (χ3n) is 3.62. The summed E-state index contributed by atoms with van der Waals surface area (Å²) in [6.45, 7) is 6.84. The Morgan fingerprint density at radius 1 is 1.50 bits per heavy atom. The molecule has 16 heavy (non-hydrogen) atoms. The zero-order valence-corrected chi connectivity index (χ0v) is 10.5. The van der Waals surface area contributed by atoms with Crippen molar-refractivity contribution in [3.05, 3.63) is 0 Å². The van der Waals surface area contributed by atoms with Crippen LogP contribution in [0.4, 0.5) is 0 Å². The number of piperidine rings is 1. The van der Waals surface area contributed by atoms with Gasteiger partial charge in [-0.05, 0) is 45.6 Å². The van der Waals surface area contributed by atoms with E-state index in [1.54, 1.807) is 0 Å². The van der Waals surface area contributed by atoms with Crippen molar-refractivity contribution in [3.8, 4) is 0 Å². The second kappa shape index (κ2) is 5.64. The van der Waals surface area contributed by atoms with E-state index in [-0.39, 0.29) is 24.5 Å². The predicted molar refractivity (Wildman–Crippen MR) is 64.1 cm³/mol. The summed E-state index contributed by atoms with van der Waals surface area (Å²) in [7, 11) is 0. The van der Waals surface area contributed by atoms with E-state index in [2.05, 4.69) is 10.6 Å². The SMILES string of the molecule is CC(CO)C(C)NC(=O)C1(C)CCCCN1. The number of aliphatic hydroxyl groups excluding tert-OH is 1. The minimum atomic E-state index is -0.429. The molecule has 0 aromatic heterocycles. The lowest BCUT2D eigenvalue weighted by Gasteiger charge is -2.35. The molecule has 0 aromatic rings. The molecule has 0 saturated carbocycles. The average Bonchev–Trinajstić information content (AvgIpc) is 2.28. The highest BCUT2D eigenvalue weighted by molar-refractivity contribution is 5.86. The summed E-state index contributed by atoms with van der Waals surface area (Å²) in [6, 6.07) is 0.0121. The maximum atomic E-state index is 12.1. The van der Waals surface area contributed by atoms with Gasteiger partial charge in [0.25, 0.3) is 0 Å². The molecule has 1 saturated heterocycles. The Morgan fingerprint density at radius 2 is 2.19 bits per heavy atom. The molecule has 3 atom stereocenters. The van der Waals surface area contributed by atoms with Crippen molar-refractivity contribution >= 4 is 5.91 Å². The van der Waals surface area contributed by atoms with Crippen LogP contribution in [0.3, 0.4) is 0 Å². The van der Waals surface area contributed by atoms with Crippen LogP contribution in [0, 0.1) is 5.92 Å². The molecule has 0 aromatic carbocycles. The minimum absolute atomic E-state index is 0.0121. The minimum Gasteiger partial charge on any atom is -0.396 e. The number of amides is 1. The van der Waals surface area contributed by atoms with Crippen LogP contribution in [-0.4, -0.2) is 35.7 Å². The van der Waals surface area contributed by atoms with Crippen LogP contribution in [0.15, 0.2) is 0 Å². The summed E-state index contributed by atoms with van der Waals surface area (Å²) >= 11 is 0. The van der Waals surface area contributed by atoms with Gasteiger partial charge in [0, 0.05) is 12.6 Å². The average molecular weight is 228 g/mol. The van der Waals surface area contributed by atoms with Gasteiger partial charge in [0.1, 0.15) is 0 Å². The highest BCUT2D eigenvalue weighted by Crippen LogP contribution is 2.19. The van der Waals surface area contributed by atoms with Crippen molar-refractivity contribution in [1.82, 2.24) is 10.6 Å². The molecule has 1 aliphatic rings. The first-order valence-electron chi connectivity index (χ1n) is 6.16. The second-order valence-corrected chi connectivity index (χ2v) is 5.14. The van der Waals surface area contributed by atoms with Crippen molar-refractivity contribution < 1.29 is 9.90 Å². The Bertz CT molecular complexity index is 237. The normalized spacial score (nSPS) is 29.5. The fourth-order valence-corrected chi connectivity index (χ4v) is 1.92. The first-order valence-corrected chi connectivity index (χ1v) is 6.16. The van der Waals surface area contributed by atoms with Crippen LogP contribution in [-0.2, 0) is 4.79 Å². The zero-order chi connectivity index (χ0) is 12.2. The van der Waals surface area contributed by atoms with Gasteiger partial charge in [0.15, 0.2) is 0 Å². The molecular weight excluding hydrogens is 204 g/mol. The summed E-state index contributed by atoms with van der Waals surface area (Å²) in [4.78, 5) is 12.1. The third-order valence-corrected chi connectivity index (χ3v) is 3.62. The molecule has 3 unspecified atom stereocenters. The van der Waals surface area contributed by atoms with Crippen molar-refractivity contribution in [2.75, 3.05) is 13.2 Å². The molecule has 3 N–H and O–H groups in total. The van der Waals surface area contributed by atoms with Gasteiger partial charge in [-0.3, -0.25) is 4.79 Å².